The normalized spacial score (nSPS) is 14.0. The van der Waals surface area contributed by atoms with E-state index >= 15 is 0 Å². The Kier molecular flexibility index (Phi) is 4.56. The monoisotopic (exact) mass is 358 g/mol. The Bertz CT molecular complexity index is 926. The smallest absolute Gasteiger partial charge is 0.227 e. The minimum absolute atomic E-state index is 0.158. The number of rotatable bonds is 3. The third kappa shape index (κ3) is 3.95. The predicted molar refractivity (Wildman–Crippen MR) is 112 cm³/mol. The van der Waals surface area contributed by atoms with Crippen molar-refractivity contribution in [2.24, 2.45) is 0 Å². The maximum atomic E-state index is 4.74. The average molecular weight is 358 g/mol. The number of anilines is 3. The van der Waals surface area contributed by atoms with Gasteiger partial charge >= 0.3 is 0 Å². The van der Waals surface area contributed by atoms with Crippen LogP contribution in [0.3, 0.4) is 0 Å². The molecule has 4 nitrogen and oxygen atoms in total. The van der Waals surface area contributed by atoms with Gasteiger partial charge in [0.15, 0.2) is 0 Å². The molecule has 1 aliphatic rings. The van der Waals surface area contributed by atoms with Crippen LogP contribution < -0.4 is 10.2 Å². The second-order valence-corrected chi connectivity index (χ2v) is 8.13. The summed E-state index contributed by atoms with van der Waals surface area (Å²) in [4.78, 5) is 11.5. The fourth-order valence-electron chi connectivity index (χ4n) is 3.44. The minimum atomic E-state index is 0.158. The highest BCUT2D eigenvalue weighted by molar-refractivity contribution is 5.58. The number of hydrogen-bond acceptors (Lipinski definition) is 4. The number of nitrogens with zero attached hydrogens (tertiary/aromatic N) is 3. The molecule has 0 amide bonds. The van der Waals surface area contributed by atoms with Crippen LogP contribution in [-0.2, 0) is 18.4 Å². The van der Waals surface area contributed by atoms with E-state index in [4.69, 9.17) is 4.98 Å². The summed E-state index contributed by atoms with van der Waals surface area (Å²) in [5, 5.41) is 3.40. The Morgan fingerprint density at radius 2 is 1.67 bits per heavy atom. The van der Waals surface area contributed by atoms with Gasteiger partial charge in [-0.2, -0.15) is 4.98 Å². The van der Waals surface area contributed by atoms with Crippen molar-refractivity contribution in [3.8, 4) is 0 Å². The van der Waals surface area contributed by atoms with Crippen molar-refractivity contribution in [2.75, 3.05) is 16.8 Å². The van der Waals surface area contributed by atoms with E-state index in [1.54, 1.807) is 0 Å². The van der Waals surface area contributed by atoms with Gasteiger partial charge in [-0.1, -0.05) is 57.2 Å². The highest BCUT2D eigenvalue weighted by Gasteiger charge is 2.18. The molecular formula is C23H26N4. The lowest BCUT2D eigenvalue weighted by Gasteiger charge is -2.29. The van der Waals surface area contributed by atoms with Crippen LogP contribution in [0.25, 0.3) is 0 Å². The number of hydrogen-bond donors (Lipinski definition) is 1. The quantitative estimate of drug-likeness (QED) is 0.709. The summed E-state index contributed by atoms with van der Waals surface area (Å²) in [6.07, 6.45) is 2.86. The highest BCUT2D eigenvalue weighted by Crippen LogP contribution is 2.26. The van der Waals surface area contributed by atoms with Crippen molar-refractivity contribution in [3.63, 3.8) is 0 Å². The molecule has 2 heterocycles. The summed E-state index contributed by atoms with van der Waals surface area (Å²) < 4.78 is 0. The SMILES string of the molecule is CC(C)(C)c1ccc(Nc2ccnc(N3CCc4ccccc4C3)n2)cc1. The fourth-order valence-corrected chi connectivity index (χ4v) is 3.44. The summed E-state index contributed by atoms with van der Waals surface area (Å²) in [6, 6.07) is 19.1. The van der Waals surface area contributed by atoms with Gasteiger partial charge in [-0.15, -0.1) is 0 Å². The Balaban J connectivity index is 1.50. The molecule has 138 valence electrons. The highest BCUT2D eigenvalue weighted by atomic mass is 15.3. The molecule has 1 aromatic heterocycles. The van der Waals surface area contributed by atoms with E-state index in [1.807, 2.05) is 12.3 Å². The third-order valence-corrected chi connectivity index (χ3v) is 5.08. The number of benzene rings is 2. The molecule has 0 saturated carbocycles. The average Bonchev–Trinajstić information content (AvgIpc) is 2.67. The molecule has 27 heavy (non-hydrogen) atoms. The van der Waals surface area contributed by atoms with Gasteiger partial charge in [0.05, 0.1) is 0 Å². The summed E-state index contributed by atoms with van der Waals surface area (Å²) in [5.41, 5.74) is 5.32. The number of nitrogens with one attached hydrogen (secondary N) is 1. The summed E-state index contributed by atoms with van der Waals surface area (Å²) in [6.45, 7) is 8.48. The van der Waals surface area contributed by atoms with Crippen LogP contribution in [-0.4, -0.2) is 16.5 Å². The first kappa shape index (κ1) is 17.5. The Labute approximate surface area is 161 Å². The van der Waals surface area contributed by atoms with Crippen molar-refractivity contribution in [1.82, 2.24) is 9.97 Å². The standard InChI is InChI=1S/C23H26N4/c1-23(2,3)19-8-10-20(11-9-19)25-21-12-14-24-22(26-21)27-15-13-17-6-4-5-7-18(17)16-27/h4-12,14H,13,15-16H2,1-3H3,(H,24,25,26). The molecule has 1 N–H and O–H groups in total. The van der Waals surface area contributed by atoms with Crippen LogP contribution in [0.15, 0.2) is 60.8 Å². The molecule has 0 fully saturated rings. The molecule has 0 saturated heterocycles. The summed E-state index contributed by atoms with van der Waals surface area (Å²) >= 11 is 0. The second-order valence-electron chi connectivity index (χ2n) is 8.13. The van der Waals surface area contributed by atoms with Crippen LogP contribution in [0.1, 0.15) is 37.5 Å². The zero-order chi connectivity index (χ0) is 18.9. The first-order valence-electron chi connectivity index (χ1n) is 9.51. The predicted octanol–water partition coefficient (Wildman–Crippen LogP) is 5.08. The Hall–Kier alpha value is -2.88. The first-order chi connectivity index (χ1) is 13.0. The van der Waals surface area contributed by atoms with Crippen LogP contribution in [0.5, 0.6) is 0 Å². The van der Waals surface area contributed by atoms with Gasteiger partial charge in [0.25, 0.3) is 0 Å². The van der Waals surface area contributed by atoms with E-state index in [0.717, 1.165) is 37.0 Å². The van der Waals surface area contributed by atoms with Gasteiger partial charge in [-0.05, 0) is 46.7 Å². The second kappa shape index (κ2) is 7.03. The van der Waals surface area contributed by atoms with E-state index < -0.39 is 0 Å². The molecule has 0 spiro atoms. The van der Waals surface area contributed by atoms with Gasteiger partial charge in [-0.25, -0.2) is 4.98 Å². The maximum Gasteiger partial charge on any atom is 0.227 e. The van der Waals surface area contributed by atoms with E-state index in [0.29, 0.717) is 0 Å². The molecular weight excluding hydrogens is 332 g/mol. The summed E-state index contributed by atoms with van der Waals surface area (Å²) in [7, 11) is 0. The molecule has 0 bridgehead atoms. The van der Waals surface area contributed by atoms with Crippen LogP contribution in [0.2, 0.25) is 0 Å². The number of fused-ring (bicyclic) bond motifs is 1. The van der Waals surface area contributed by atoms with Crippen molar-refractivity contribution in [1.29, 1.82) is 0 Å². The topological polar surface area (TPSA) is 41.1 Å². The van der Waals surface area contributed by atoms with E-state index in [2.05, 4.69) is 84.5 Å². The maximum absolute atomic E-state index is 4.74. The molecule has 0 unspecified atom stereocenters. The zero-order valence-electron chi connectivity index (χ0n) is 16.2. The van der Waals surface area contributed by atoms with Crippen molar-refractivity contribution in [2.45, 2.75) is 39.2 Å². The van der Waals surface area contributed by atoms with Crippen molar-refractivity contribution >= 4 is 17.5 Å². The van der Waals surface area contributed by atoms with E-state index in [-0.39, 0.29) is 5.41 Å². The van der Waals surface area contributed by atoms with Gasteiger partial charge in [0.1, 0.15) is 5.82 Å². The largest absolute Gasteiger partial charge is 0.340 e. The molecule has 4 rings (SSSR count). The first-order valence-corrected chi connectivity index (χ1v) is 9.51. The van der Waals surface area contributed by atoms with Crippen molar-refractivity contribution in [3.05, 3.63) is 77.5 Å². The van der Waals surface area contributed by atoms with Crippen LogP contribution in [0.4, 0.5) is 17.5 Å². The van der Waals surface area contributed by atoms with Crippen LogP contribution >= 0.6 is 0 Å². The lowest BCUT2D eigenvalue weighted by Crippen LogP contribution is -2.31. The molecule has 0 atom stereocenters. The van der Waals surface area contributed by atoms with Crippen molar-refractivity contribution < 1.29 is 0 Å². The Morgan fingerprint density at radius 1 is 0.926 bits per heavy atom. The molecule has 4 heteroatoms. The molecule has 1 aliphatic heterocycles. The lowest BCUT2D eigenvalue weighted by molar-refractivity contribution is 0.590. The fraction of sp³-hybridized carbons (Fsp3) is 0.304. The van der Waals surface area contributed by atoms with Gasteiger partial charge in [0, 0.05) is 25.0 Å². The molecule has 2 aromatic carbocycles. The summed E-state index contributed by atoms with van der Waals surface area (Å²) in [5.74, 6) is 1.60. The molecule has 0 aliphatic carbocycles. The molecule has 0 radical (unpaired) electrons. The van der Waals surface area contributed by atoms with Gasteiger partial charge < -0.3 is 10.2 Å². The van der Waals surface area contributed by atoms with Gasteiger partial charge in [-0.3, -0.25) is 0 Å². The van der Waals surface area contributed by atoms with E-state index in [1.165, 1.54) is 16.7 Å². The number of aromatic nitrogens is 2. The lowest BCUT2D eigenvalue weighted by atomic mass is 9.87. The Morgan fingerprint density at radius 3 is 2.41 bits per heavy atom. The molecule has 3 aromatic rings. The zero-order valence-corrected chi connectivity index (χ0v) is 16.2. The van der Waals surface area contributed by atoms with Gasteiger partial charge in [0.2, 0.25) is 5.95 Å². The van der Waals surface area contributed by atoms with Crippen LogP contribution in [0, 0.1) is 0 Å². The minimum Gasteiger partial charge on any atom is -0.340 e. The third-order valence-electron chi connectivity index (χ3n) is 5.08. The van der Waals surface area contributed by atoms with E-state index in [9.17, 15) is 0 Å².